The summed E-state index contributed by atoms with van der Waals surface area (Å²) in [7, 11) is -2.38. The zero-order valence-electron chi connectivity index (χ0n) is 13.4. The van der Waals surface area contributed by atoms with Crippen molar-refractivity contribution in [2.45, 2.75) is 45.1 Å². The van der Waals surface area contributed by atoms with Gasteiger partial charge >= 0.3 is 21.6 Å². The molecule has 0 spiro atoms. The van der Waals surface area contributed by atoms with Crippen LogP contribution in [0.3, 0.4) is 0 Å². The van der Waals surface area contributed by atoms with Crippen LogP contribution in [0.5, 0.6) is 0 Å². The number of alkyl halides is 6. The highest BCUT2D eigenvalue weighted by atomic mass is 28.3. The van der Waals surface area contributed by atoms with Gasteiger partial charge in [-0.05, 0) is 36.6 Å². The van der Waals surface area contributed by atoms with Gasteiger partial charge in [0.25, 0.3) is 0 Å². The molecule has 2 nitrogen and oxygen atoms in total. The molecule has 1 rings (SSSR count). The van der Waals surface area contributed by atoms with Crippen molar-refractivity contribution < 1.29 is 35.2 Å². The van der Waals surface area contributed by atoms with Crippen molar-refractivity contribution in [2.75, 3.05) is 13.2 Å². The Balaban J connectivity index is 3.10. The summed E-state index contributed by atoms with van der Waals surface area (Å²) in [5.41, 5.74) is -2.70. The molecule has 0 atom stereocenters. The molecule has 0 aliphatic carbocycles. The molecule has 0 bridgehead atoms. The van der Waals surface area contributed by atoms with Crippen LogP contribution in [0.15, 0.2) is 18.2 Å². The van der Waals surface area contributed by atoms with Gasteiger partial charge in [0.1, 0.15) is 0 Å². The summed E-state index contributed by atoms with van der Waals surface area (Å²) in [6.45, 7) is 4.45. The summed E-state index contributed by atoms with van der Waals surface area (Å²) in [5, 5.41) is 0. The molecule has 1 aromatic carbocycles. The first-order valence-electron chi connectivity index (χ1n) is 7.59. The molecular formula is C15H20F6O2Si. The molecular weight excluding hydrogens is 354 g/mol. The molecule has 0 unspecified atom stereocenters. The van der Waals surface area contributed by atoms with Crippen molar-refractivity contribution in [3.8, 4) is 0 Å². The average molecular weight is 374 g/mol. The summed E-state index contributed by atoms with van der Waals surface area (Å²) < 4.78 is 88.2. The maximum atomic E-state index is 12.9. The molecule has 24 heavy (non-hydrogen) atoms. The smallest absolute Gasteiger partial charge is 0.396 e. The fourth-order valence-corrected chi connectivity index (χ4v) is 3.94. The largest absolute Gasteiger partial charge is 0.416 e. The van der Waals surface area contributed by atoms with Crippen LogP contribution >= 0.6 is 0 Å². The predicted octanol–water partition coefficient (Wildman–Crippen LogP) is 4.88. The van der Waals surface area contributed by atoms with E-state index in [0.717, 1.165) is 12.1 Å². The first-order valence-corrected chi connectivity index (χ1v) is 9.35. The van der Waals surface area contributed by atoms with E-state index in [0.29, 0.717) is 26.1 Å². The molecule has 9 heteroatoms. The van der Waals surface area contributed by atoms with E-state index in [1.54, 1.807) is 0 Å². The minimum Gasteiger partial charge on any atom is -0.396 e. The van der Waals surface area contributed by atoms with Crippen LogP contribution in [0.1, 0.15) is 43.4 Å². The number of benzene rings is 1. The van der Waals surface area contributed by atoms with Gasteiger partial charge in [-0.1, -0.05) is 13.8 Å². The zero-order chi connectivity index (χ0) is 18.4. The van der Waals surface area contributed by atoms with Crippen molar-refractivity contribution in [3.05, 3.63) is 34.9 Å². The Morgan fingerprint density at radius 2 is 1.21 bits per heavy atom. The second-order valence-electron chi connectivity index (χ2n) is 5.29. The van der Waals surface area contributed by atoms with Crippen LogP contribution in [-0.2, 0) is 27.2 Å². The van der Waals surface area contributed by atoms with Crippen molar-refractivity contribution in [2.24, 2.45) is 0 Å². The van der Waals surface area contributed by atoms with Gasteiger partial charge in [0, 0.05) is 19.3 Å². The van der Waals surface area contributed by atoms with E-state index in [9.17, 15) is 26.3 Å². The van der Waals surface area contributed by atoms with Crippen LogP contribution in [0, 0.1) is 0 Å². The SMILES string of the molecule is CCCO[SiH](Cc1cc(C(F)(F)F)cc(C(F)(F)F)c1)OCCC. The fraction of sp³-hybridized carbons (Fsp3) is 0.600. The van der Waals surface area contributed by atoms with Gasteiger partial charge in [-0.2, -0.15) is 26.3 Å². The maximum absolute atomic E-state index is 12.9. The molecule has 1 aromatic rings. The number of hydrogen-bond acceptors (Lipinski definition) is 2. The summed E-state index contributed by atoms with van der Waals surface area (Å²) >= 11 is 0. The monoisotopic (exact) mass is 374 g/mol. The van der Waals surface area contributed by atoms with E-state index >= 15 is 0 Å². The Kier molecular flexibility index (Phi) is 7.75. The number of halogens is 6. The number of hydrogen-bond donors (Lipinski definition) is 0. The van der Waals surface area contributed by atoms with E-state index in [-0.39, 0.29) is 17.7 Å². The second-order valence-corrected chi connectivity index (χ2v) is 7.22. The number of rotatable bonds is 8. The van der Waals surface area contributed by atoms with Crippen LogP contribution in [0.4, 0.5) is 26.3 Å². The van der Waals surface area contributed by atoms with E-state index in [1.807, 2.05) is 13.8 Å². The molecule has 0 aliphatic heterocycles. The van der Waals surface area contributed by atoms with Gasteiger partial charge in [0.05, 0.1) is 11.1 Å². The minimum atomic E-state index is -4.85. The fourth-order valence-electron chi connectivity index (χ4n) is 1.99. The molecule has 0 radical (unpaired) electrons. The van der Waals surface area contributed by atoms with Gasteiger partial charge in [0.15, 0.2) is 0 Å². The Morgan fingerprint density at radius 1 is 0.792 bits per heavy atom. The predicted molar refractivity (Wildman–Crippen MR) is 79.8 cm³/mol. The molecule has 0 aromatic heterocycles. The zero-order valence-corrected chi connectivity index (χ0v) is 14.6. The van der Waals surface area contributed by atoms with Crippen LogP contribution < -0.4 is 0 Å². The van der Waals surface area contributed by atoms with Crippen molar-refractivity contribution >= 4 is 9.28 Å². The summed E-state index contributed by atoms with van der Waals surface area (Å²) in [6.07, 6.45) is -8.31. The molecule has 0 N–H and O–H groups in total. The third-order valence-electron chi connectivity index (χ3n) is 3.07. The Hall–Kier alpha value is -1.06. The lowest BCUT2D eigenvalue weighted by atomic mass is 10.1. The normalized spacial score (nSPS) is 12.9. The molecule has 0 heterocycles. The summed E-state index contributed by atoms with van der Waals surface area (Å²) in [6, 6.07) is 1.55. The van der Waals surface area contributed by atoms with E-state index < -0.39 is 32.8 Å². The first kappa shape index (κ1) is 21.0. The highest BCUT2D eigenvalue weighted by molar-refractivity contribution is 6.43. The van der Waals surface area contributed by atoms with Gasteiger partial charge in [0.2, 0.25) is 0 Å². The maximum Gasteiger partial charge on any atom is 0.416 e. The van der Waals surface area contributed by atoms with Crippen molar-refractivity contribution in [1.82, 2.24) is 0 Å². The molecule has 138 valence electrons. The summed E-state index contributed by atoms with van der Waals surface area (Å²) in [4.78, 5) is 0. The Labute approximate surface area is 138 Å². The lowest BCUT2D eigenvalue weighted by Gasteiger charge is -2.18. The average Bonchev–Trinajstić information content (AvgIpc) is 2.48. The highest BCUT2D eigenvalue weighted by Gasteiger charge is 2.37. The van der Waals surface area contributed by atoms with Crippen LogP contribution in [-0.4, -0.2) is 22.5 Å². The third-order valence-corrected chi connectivity index (χ3v) is 5.09. The van der Waals surface area contributed by atoms with E-state index in [2.05, 4.69) is 0 Å². The van der Waals surface area contributed by atoms with E-state index in [1.165, 1.54) is 0 Å². The molecule has 0 aliphatic rings. The molecule has 0 saturated heterocycles. The topological polar surface area (TPSA) is 18.5 Å². The van der Waals surface area contributed by atoms with Crippen LogP contribution in [0.2, 0.25) is 0 Å². The van der Waals surface area contributed by atoms with Crippen LogP contribution in [0.25, 0.3) is 0 Å². The third kappa shape index (κ3) is 6.82. The van der Waals surface area contributed by atoms with E-state index in [4.69, 9.17) is 8.85 Å². The van der Waals surface area contributed by atoms with Gasteiger partial charge < -0.3 is 8.85 Å². The molecule has 0 saturated carbocycles. The standard InChI is InChI=1S/C15H20F6O2Si/c1-3-5-22-24(23-6-4-2)10-11-7-12(14(16,17)18)9-13(8-11)15(19,20)21/h7-9,24H,3-6,10H2,1-2H3. The quantitative estimate of drug-likeness (QED) is 0.477. The highest BCUT2D eigenvalue weighted by Crippen LogP contribution is 2.36. The molecule has 0 amide bonds. The van der Waals surface area contributed by atoms with Gasteiger partial charge in [-0.25, -0.2) is 0 Å². The second kappa shape index (κ2) is 8.86. The Bertz CT molecular complexity index is 475. The van der Waals surface area contributed by atoms with Gasteiger partial charge in [-0.15, -0.1) is 0 Å². The Morgan fingerprint density at radius 3 is 1.54 bits per heavy atom. The summed E-state index contributed by atoms with van der Waals surface area (Å²) in [5.74, 6) is 0. The van der Waals surface area contributed by atoms with Crippen molar-refractivity contribution in [1.29, 1.82) is 0 Å². The minimum absolute atomic E-state index is 0.0486. The lowest BCUT2D eigenvalue weighted by Crippen LogP contribution is -2.27. The van der Waals surface area contributed by atoms with Crippen molar-refractivity contribution in [3.63, 3.8) is 0 Å². The van der Waals surface area contributed by atoms with Gasteiger partial charge in [-0.3, -0.25) is 0 Å². The lowest BCUT2D eigenvalue weighted by molar-refractivity contribution is -0.143. The molecule has 0 fully saturated rings. The first-order chi connectivity index (χ1) is 11.1.